The van der Waals surface area contributed by atoms with Crippen molar-refractivity contribution in [3.05, 3.63) is 93.9 Å². The van der Waals surface area contributed by atoms with Crippen LogP contribution >= 0.6 is 11.8 Å². The minimum atomic E-state index is -0.149. The molecule has 2 aliphatic heterocycles. The second-order valence-corrected chi connectivity index (χ2v) is 11.2. The van der Waals surface area contributed by atoms with Crippen LogP contribution in [-0.4, -0.2) is 51.1 Å². The summed E-state index contributed by atoms with van der Waals surface area (Å²) in [5, 5.41) is 5.99. The summed E-state index contributed by atoms with van der Waals surface area (Å²) in [5.74, 6) is -0.253. The minimum Gasteiger partial charge on any atom is -0.360 e. The molecule has 1 saturated heterocycles. The Hall–Kier alpha value is -3.55. The minimum absolute atomic E-state index is 0.104. The molecule has 0 saturated carbocycles. The Morgan fingerprint density at radius 3 is 2.63 bits per heavy atom. The van der Waals surface area contributed by atoms with Crippen LogP contribution in [0.1, 0.15) is 33.5 Å². The lowest BCUT2D eigenvalue weighted by atomic mass is 10.1. The number of thioether (sulfide) groups is 1. The molecule has 0 bridgehead atoms. The SMILES string of the molecule is Cc1ccc(C)c(N2CC[NH+](CCCNC(=O)c3ccc4c(c3)NC(=O)C(=Cc3ccccc3)S4)CC2)c1. The van der Waals surface area contributed by atoms with Crippen LogP contribution in [0.5, 0.6) is 0 Å². The smallest absolute Gasteiger partial charge is 0.262 e. The van der Waals surface area contributed by atoms with Gasteiger partial charge in [-0.15, -0.1) is 0 Å². The number of anilines is 2. The molecule has 0 atom stereocenters. The van der Waals surface area contributed by atoms with Crippen LogP contribution in [0, 0.1) is 13.8 Å². The van der Waals surface area contributed by atoms with Gasteiger partial charge in [0.25, 0.3) is 11.8 Å². The molecule has 5 rings (SSSR count). The van der Waals surface area contributed by atoms with E-state index < -0.39 is 0 Å². The van der Waals surface area contributed by atoms with Crippen molar-refractivity contribution in [2.24, 2.45) is 0 Å². The van der Waals surface area contributed by atoms with Crippen molar-refractivity contribution >= 4 is 41.0 Å². The van der Waals surface area contributed by atoms with Crippen LogP contribution in [0.3, 0.4) is 0 Å². The first-order valence-corrected chi connectivity index (χ1v) is 14.1. The Kier molecular flexibility index (Phi) is 8.15. The first-order chi connectivity index (χ1) is 18.5. The second-order valence-electron chi connectivity index (χ2n) is 10.1. The fourth-order valence-corrected chi connectivity index (χ4v) is 5.95. The molecule has 3 aromatic rings. The highest BCUT2D eigenvalue weighted by Gasteiger charge is 2.23. The Morgan fingerprint density at radius 1 is 1.05 bits per heavy atom. The van der Waals surface area contributed by atoms with E-state index in [-0.39, 0.29) is 11.8 Å². The molecule has 7 heteroatoms. The molecule has 2 aliphatic rings. The predicted octanol–water partition coefficient (Wildman–Crippen LogP) is 3.91. The van der Waals surface area contributed by atoms with Crippen LogP contribution in [0.15, 0.2) is 76.5 Å². The van der Waals surface area contributed by atoms with Gasteiger partial charge in [0.1, 0.15) is 0 Å². The monoisotopic (exact) mass is 527 g/mol. The summed E-state index contributed by atoms with van der Waals surface area (Å²) in [6, 6.07) is 22.0. The first-order valence-electron chi connectivity index (χ1n) is 13.3. The number of hydrogen-bond donors (Lipinski definition) is 3. The van der Waals surface area contributed by atoms with Crippen molar-refractivity contribution in [2.45, 2.75) is 25.2 Å². The number of nitrogens with one attached hydrogen (secondary N) is 3. The summed E-state index contributed by atoms with van der Waals surface area (Å²) in [6.45, 7) is 10.4. The molecule has 3 aromatic carbocycles. The molecule has 3 N–H and O–H groups in total. The van der Waals surface area contributed by atoms with E-state index in [1.54, 1.807) is 11.0 Å². The highest BCUT2D eigenvalue weighted by atomic mass is 32.2. The standard InChI is InChI=1S/C31H34N4O2S/c1-22-9-10-23(2)27(19-22)35-17-15-34(16-18-35)14-6-13-32-30(36)25-11-12-28-26(21-25)33-31(37)29(38-28)20-24-7-4-3-5-8-24/h3-5,7-12,19-21H,6,13-18H2,1-2H3,(H,32,36)(H,33,37)/p+1. The number of aryl methyl sites for hydroxylation is 2. The molecule has 6 nitrogen and oxygen atoms in total. The van der Waals surface area contributed by atoms with Gasteiger partial charge in [0.15, 0.2) is 0 Å². The number of quaternary nitrogens is 1. The zero-order valence-corrected chi connectivity index (χ0v) is 22.9. The summed E-state index contributed by atoms with van der Waals surface area (Å²) in [7, 11) is 0. The molecular formula is C31H35N4O2S+. The van der Waals surface area contributed by atoms with Gasteiger partial charge >= 0.3 is 0 Å². The van der Waals surface area contributed by atoms with Gasteiger partial charge in [-0.25, -0.2) is 0 Å². The molecule has 0 unspecified atom stereocenters. The Bertz CT molecular complexity index is 1350. The number of hydrogen-bond acceptors (Lipinski definition) is 4. The van der Waals surface area contributed by atoms with Gasteiger partial charge in [-0.3, -0.25) is 9.59 Å². The molecule has 0 aliphatic carbocycles. The van der Waals surface area contributed by atoms with Gasteiger partial charge in [0.05, 0.1) is 43.3 Å². The maximum atomic E-state index is 12.8. The fourth-order valence-electron chi connectivity index (χ4n) is 5.02. The summed E-state index contributed by atoms with van der Waals surface area (Å²) < 4.78 is 0. The van der Waals surface area contributed by atoms with Crippen molar-refractivity contribution in [3.63, 3.8) is 0 Å². The lowest BCUT2D eigenvalue weighted by molar-refractivity contribution is -0.900. The number of benzene rings is 3. The van der Waals surface area contributed by atoms with E-state index in [1.807, 2.05) is 48.5 Å². The number of piperazine rings is 1. The van der Waals surface area contributed by atoms with E-state index in [1.165, 1.54) is 28.6 Å². The van der Waals surface area contributed by atoms with E-state index in [0.717, 1.165) is 49.6 Å². The lowest BCUT2D eigenvalue weighted by Crippen LogP contribution is -3.15. The molecule has 0 aromatic heterocycles. The normalized spacial score (nSPS) is 16.7. The van der Waals surface area contributed by atoms with Gasteiger partial charge in [0.2, 0.25) is 0 Å². The number of carbonyl (C=O) groups is 2. The molecule has 0 radical (unpaired) electrons. The third kappa shape index (κ3) is 6.29. The predicted molar refractivity (Wildman–Crippen MR) is 156 cm³/mol. The number of amides is 2. The number of carbonyl (C=O) groups excluding carboxylic acids is 2. The average Bonchev–Trinajstić information content (AvgIpc) is 2.93. The van der Waals surface area contributed by atoms with Crippen LogP contribution in [-0.2, 0) is 4.79 Å². The Labute approximate surface area is 229 Å². The van der Waals surface area contributed by atoms with Gasteiger partial charge in [-0.1, -0.05) is 54.2 Å². The van der Waals surface area contributed by atoms with Crippen molar-refractivity contribution in [2.75, 3.05) is 49.5 Å². The van der Waals surface area contributed by atoms with Crippen molar-refractivity contribution in [1.29, 1.82) is 0 Å². The molecule has 196 valence electrons. The summed E-state index contributed by atoms with van der Waals surface area (Å²) in [5.41, 5.74) is 6.24. The molecular weight excluding hydrogens is 492 g/mol. The largest absolute Gasteiger partial charge is 0.360 e. The maximum absolute atomic E-state index is 12.8. The summed E-state index contributed by atoms with van der Waals surface area (Å²) in [4.78, 5) is 31.1. The summed E-state index contributed by atoms with van der Waals surface area (Å²) in [6.07, 6.45) is 2.82. The van der Waals surface area contributed by atoms with Gasteiger partial charge in [-0.2, -0.15) is 0 Å². The highest BCUT2D eigenvalue weighted by molar-refractivity contribution is 8.04. The highest BCUT2D eigenvalue weighted by Crippen LogP contribution is 2.39. The van der Waals surface area contributed by atoms with Crippen molar-refractivity contribution in [1.82, 2.24) is 5.32 Å². The maximum Gasteiger partial charge on any atom is 0.262 e. The molecule has 0 spiro atoms. The fraction of sp³-hybridized carbons (Fsp3) is 0.290. The third-order valence-corrected chi connectivity index (χ3v) is 8.30. The van der Waals surface area contributed by atoms with Crippen LogP contribution in [0.25, 0.3) is 6.08 Å². The number of rotatable bonds is 7. The molecule has 2 heterocycles. The molecule has 2 amide bonds. The molecule has 1 fully saturated rings. The van der Waals surface area contributed by atoms with E-state index in [4.69, 9.17) is 0 Å². The van der Waals surface area contributed by atoms with E-state index in [2.05, 4.69) is 47.6 Å². The van der Waals surface area contributed by atoms with Crippen LogP contribution in [0.2, 0.25) is 0 Å². The van der Waals surface area contributed by atoms with E-state index in [0.29, 0.717) is 22.7 Å². The first kappa shape index (κ1) is 26.1. The number of nitrogens with zero attached hydrogens (tertiary/aromatic N) is 1. The zero-order valence-electron chi connectivity index (χ0n) is 22.0. The zero-order chi connectivity index (χ0) is 26.5. The molecule has 38 heavy (non-hydrogen) atoms. The van der Waals surface area contributed by atoms with Gasteiger partial charge in [0, 0.05) is 29.1 Å². The topological polar surface area (TPSA) is 65.9 Å². The van der Waals surface area contributed by atoms with E-state index in [9.17, 15) is 9.59 Å². The quantitative estimate of drug-likeness (QED) is 0.322. The lowest BCUT2D eigenvalue weighted by Gasteiger charge is -2.34. The van der Waals surface area contributed by atoms with Crippen molar-refractivity contribution in [3.8, 4) is 0 Å². The third-order valence-electron chi connectivity index (χ3n) is 7.20. The van der Waals surface area contributed by atoms with Crippen molar-refractivity contribution < 1.29 is 14.5 Å². The van der Waals surface area contributed by atoms with Crippen LogP contribution < -0.4 is 20.4 Å². The second kappa shape index (κ2) is 11.9. The number of fused-ring (bicyclic) bond motifs is 1. The van der Waals surface area contributed by atoms with Gasteiger partial charge in [-0.05, 0) is 60.9 Å². The van der Waals surface area contributed by atoms with E-state index >= 15 is 0 Å². The van der Waals surface area contributed by atoms with Gasteiger partial charge < -0.3 is 20.4 Å². The summed E-state index contributed by atoms with van der Waals surface area (Å²) >= 11 is 1.43. The Morgan fingerprint density at radius 2 is 1.84 bits per heavy atom. The Balaban J connectivity index is 1.08. The van der Waals surface area contributed by atoms with Crippen LogP contribution in [0.4, 0.5) is 11.4 Å². The average molecular weight is 528 g/mol.